The van der Waals surface area contributed by atoms with Crippen LogP contribution < -0.4 is 5.43 Å². The van der Waals surface area contributed by atoms with Gasteiger partial charge in [0.05, 0.1) is 6.21 Å². The molecule has 1 aromatic carbocycles. The third-order valence-corrected chi connectivity index (χ3v) is 6.90. The molecule has 3 heteroatoms. The van der Waals surface area contributed by atoms with Crippen LogP contribution in [0.25, 0.3) is 6.08 Å². The molecule has 36 heavy (non-hydrogen) atoms. The number of hydrogen-bond donors (Lipinski definition) is 1. The van der Waals surface area contributed by atoms with Crippen molar-refractivity contribution in [2.24, 2.45) is 5.10 Å². The molecule has 0 atom stereocenters. The van der Waals surface area contributed by atoms with Crippen LogP contribution in [0.4, 0.5) is 0 Å². The van der Waals surface area contributed by atoms with Gasteiger partial charge >= 0.3 is 0 Å². The van der Waals surface area contributed by atoms with Gasteiger partial charge in [0, 0.05) is 6.42 Å². The van der Waals surface area contributed by atoms with Crippen molar-refractivity contribution in [2.75, 3.05) is 0 Å². The number of hydrazone groups is 1. The molecule has 0 heterocycles. The number of unbranched alkanes of at least 4 members (excludes halogenated alkanes) is 17. The summed E-state index contributed by atoms with van der Waals surface area (Å²) in [5.74, 6) is 0.0333. The second kappa shape index (κ2) is 24.8. The van der Waals surface area contributed by atoms with Crippen LogP contribution >= 0.6 is 0 Å². The Labute approximate surface area is 223 Å². The Hall–Kier alpha value is -1.90. The van der Waals surface area contributed by atoms with Crippen molar-refractivity contribution in [2.45, 2.75) is 149 Å². The first-order chi connectivity index (χ1) is 17.8. The Morgan fingerprint density at radius 3 is 1.61 bits per heavy atom. The maximum atomic E-state index is 12.2. The van der Waals surface area contributed by atoms with E-state index >= 15 is 0 Å². The molecular weight excluding hydrogens is 440 g/mol. The van der Waals surface area contributed by atoms with Gasteiger partial charge in [0.1, 0.15) is 0 Å². The van der Waals surface area contributed by atoms with E-state index in [2.05, 4.69) is 54.7 Å². The standard InChI is InChI=1S/C33H56N2O/c1-3-5-7-9-10-11-12-13-14-15-16-17-18-19-24-28-33(36)35-34-30-32(27-21-8-6-4-2)29-31-25-22-20-23-26-31/h20,22-23,25-26,29-30H,3-19,21,24,27-28H2,1-2H3,(H,35,36)/b32-29+,34-30+. The Kier molecular flexibility index (Phi) is 22.1. The molecule has 0 aliphatic heterocycles. The summed E-state index contributed by atoms with van der Waals surface area (Å²) >= 11 is 0. The SMILES string of the molecule is CCCCCCCCCCCCCCCCCC(=O)N/N=C/C(=C/c1ccccc1)CCCCCC. The van der Waals surface area contributed by atoms with Crippen molar-refractivity contribution < 1.29 is 4.79 Å². The highest BCUT2D eigenvalue weighted by Gasteiger charge is 2.01. The molecule has 1 amide bonds. The maximum absolute atomic E-state index is 12.2. The molecule has 0 saturated carbocycles. The van der Waals surface area contributed by atoms with Crippen LogP contribution in [0.1, 0.15) is 154 Å². The van der Waals surface area contributed by atoms with Gasteiger partial charge in [0.25, 0.3) is 0 Å². The number of nitrogens with one attached hydrogen (secondary N) is 1. The van der Waals surface area contributed by atoms with Crippen LogP contribution in [-0.4, -0.2) is 12.1 Å². The summed E-state index contributed by atoms with van der Waals surface area (Å²) in [6, 6.07) is 10.3. The zero-order valence-electron chi connectivity index (χ0n) is 23.7. The molecule has 3 nitrogen and oxygen atoms in total. The second-order valence-corrected chi connectivity index (χ2v) is 10.4. The van der Waals surface area contributed by atoms with Gasteiger partial charge in [-0.15, -0.1) is 0 Å². The van der Waals surface area contributed by atoms with Crippen LogP contribution in [0, 0.1) is 0 Å². The highest BCUT2D eigenvalue weighted by atomic mass is 16.2. The van der Waals surface area contributed by atoms with E-state index < -0.39 is 0 Å². The quantitative estimate of drug-likeness (QED) is 0.0863. The number of hydrogen-bond acceptors (Lipinski definition) is 2. The molecule has 0 bridgehead atoms. The summed E-state index contributed by atoms with van der Waals surface area (Å²) in [5, 5.41) is 4.26. The van der Waals surface area contributed by atoms with E-state index in [4.69, 9.17) is 0 Å². The van der Waals surface area contributed by atoms with Crippen molar-refractivity contribution >= 4 is 18.2 Å². The molecule has 0 saturated heterocycles. The zero-order valence-corrected chi connectivity index (χ0v) is 23.7. The molecule has 1 N–H and O–H groups in total. The van der Waals surface area contributed by atoms with Gasteiger partial charge in [0.2, 0.25) is 5.91 Å². The third kappa shape index (κ3) is 20.3. The molecule has 0 radical (unpaired) electrons. The number of carbonyl (C=O) groups excluding carboxylic acids is 1. The van der Waals surface area contributed by atoms with E-state index in [1.54, 1.807) is 0 Å². The van der Waals surface area contributed by atoms with Gasteiger partial charge in [-0.25, -0.2) is 5.43 Å². The van der Waals surface area contributed by atoms with E-state index in [0.717, 1.165) is 25.7 Å². The first kappa shape index (κ1) is 32.1. The molecule has 1 rings (SSSR count). The molecule has 0 aliphatic carbocycles. The number of rotatable bonds is 24. The van der Waals surface area contributed by atoms with Crippen molar-refractivity contribution in [3.63, 3.8) is 0 Å². The van der Waals surface area contributed by atoms with Gasteiger partial charge in [-0.3, -0.25) is 4.79 Å². The summed E-state index contributed by atoms with van der Waals surface area (Å²) in [6.07, 6.45) is 30.6. The normalized spacial score (nSPS) is 11.9. The van der Waals surface area contributed by atoms with Gasteiger partial charge in [-0.05, 0) is 30.4 Å². The van der Waals surface area contributed by atoms with Crippen LogP contribution in [-0.2, 0) is 4.79 Å². The number of benzene rings is 1. The Morgan fingerprint density at radius 1 is 0.639 bits per heavy atom. The molecule has 1 aromatic rings. The lowest BCUT2D eigenvalue weighted by molar-refractivity contribution is -0.121. The molecule has 0 aliphatic rings. The predicted molar refractivity (Wildman–Crippen MR) is 159 cm³/mol. The maximum Gasteiger partial charge on any atom is 0.240 e. The minimum absolute atomic E-state index is 0.0333. The Morgan fingerprint density at radius 2 is 1.08 bits per heavy atom. The molecular formula is C33H56N2O. The molecule has 0 spiro atoms. The largest absolute Gasteiger partial charge is 0.273 e. The van der Waals surface area contributed by atoms with Crippen LogP contribution in [0.2, 0.25) is 0 Å². The number of allylic oxidation sites excluding steroid dienone is 1. The average molecular weight is 497 g/mol. The zero-order chi connectivity index (χ0) is 25.9. The minimum atomic E-state index is 0.0333. The Balaban J connectivity index is 2.08. The lowest BCUT2D eigenvalue weighted by Gasteiger charge is -2.04. The molecule has 0 unspecified atom stereocenters. The van der Waals surface area contributed by atoms with Crippen LogP contribution in [0.15, 0.2) is 41.0 Å². The Bertz CT molecular complexity index is 680. The van der Waals surface area contributed by atoms with Gasteiger partial charge in [-0.1, -0.05) is 159 Å². The van der Waals surface area contributed by atoms with Crippen molar-refractivity contribution in [1.82, 2.24) is 5.43 Å². The summed E-state index contributed by atoms with van der Waals surface area (Å²) in [6.45, 7) is 4.52. The van der Waals surface area contributed by atoms with E-state index in [1.165, 1.54) is 114 Å². The van der Waals surface area contributed by atoms with E-state index in [9.17, 15) is 4.79 Å². The summed E-state index contributed by atoms with van der Waals surface area (Å²) < 4.78 is 0. The van der Waals surface area contributed by atoms with Gasteiger partial charge in [0.15, 0.2) is 0 Å². The smallest absolute Gasteiger partial charge is 0.240 e. The fourth-order valence-corrected chi connectivity index (χ4v) is 4.59. The topological polar surface area (TPSA) is 41.5 Å². The van der Waals surface area contributed by atoms with E-state index in [-0.39, 0.29) is 5.91 Å². The minimum Gasteiger partial charge on any atom is -0.273 e. The van der Waals surface area contributed by atoms with Crippen molar-refractivity contribution in [3.8, 4) is 0 Å². The fourth-order valence-electron chi connectivity index (χ4n) is 4.59. The predicted octanol–water partition coefficient (Wildman–Crippen LogP) is 10.4. The number of amides is 1. The number of carbonyl (C=O) groups is 1. The monoisotopic (exact) mass is 496 g/mol. The highest BCUT2D eigenvalue weighted by molar-refractivity contribution is 5.86. The third-order valence-electron chi connectivity index (χ3n) is 6.90. The average Bonchev–Trinajstić information content (AvgIpc) is 2.89. The summed E-state index contributed by atoms with van der Waals surface area (Å²) in [7, 11) is 0. The van der Waals surface area contributed by atoms with Crippen LogP contribution in [0.5, 0.6) is 0 Å². The molecule has 0 fully saturated rings. The van der Waals surface area contributed by atoms with E-state index in [0.29, 0.717) is 6.42 Å². The lowest BCUT2D eigenvalue weighted by atomic mass is 10.0. The van der Waals surface area contributed by atoms with Crippen LogP contribution in [0.3, 0.4) is 0 Å². The van der Waals surface area contributed by atoms with Gasteiger partial charge < -0.3 is 0 Å². The summed E-state index contributed by atoms with van der Waals surface area (Å²) in [4.78, 5) is 12.2. The highest BCUT2D eigenvalue weighted by Crippen LogP contribution is 2.15. The first-order valence-corrected chi connectivity index (χ1v) is 15.3. The van der Waals surface area contributed by atoms with Crippen molar-refractivity contribution in [3.05, 3.63) is 41.5 Å². The van der Waals surface area contributed by atoms with Gasteiger partial charge in [-0.2, -0.15) is 5.10 Å². The summed E-state index contributed by atoms with van der Waals surface area (Å²) in [5.41, 5.74) is 5.09. The molecule has 204 valence electrons. The van der Waals surface area contributed by atoms with Crippen molar-refractivity contribution in [1.29, 1.82) is 0 Å². The second-order valence-electron chi connectivity index (χ2n) is 10.4. The van der Waals surface area contributed by atoms with E-state index in [1.807, 2.05) is 12.3 Å². The number of nitrogens with zero attached hydrogens (tertiary/aromatic N) is 1. The lowest BCUT2D eigenvalue weighted by Crippen LogP contribution is -2.17. The first-order valence-electron chi connectivity index (χ1n) is 15.3. The fraction of sp³-hybridized carbons (Fsp3) is 0.697. The molecule has 0 aromatic heterocycles.